The maximum atomic E-state index is 5.64. The van der Waals surface area contributed by atoms with Gasteiger partial charge in [0.1, 0.15) is 0 Å². The highest BCUT2D eigenvalue weighted by molar-refractivity contribution is 9.10. The van der Waals surface area contributed by atoms with Crippen molar-refractivity contribution in [2.24, 2.45) is 11.7 Å². The predicted molar refractivity (Wildman–Crippen MR) is 71.4 cm³/mol. The Morgan fingerprint density at radius 3 is 2.93 bits per heavy atom. The van der Waals surface area contributed by atoms with Gasteiger partial charge in [-0.05, 0) is 54.0 Å². The molecule has 0 spiro atoms. The molecule has 1 aromatic rings. The van der Waals surface area contributed by atoms with Gasteiger partial charge in [0.25, 0.3) is 0 Å². The maximum absolute atomic E-state index is 5.64. The van der Waals surface area contributed by atoms with Crippen LogP contribution in [0.3, 0.4) is 0 Å². The number of hydrogen-bond acceptors (Lipinski definition) is 3. The first kappa shape index (κ1) is 13.2. The molecule has 0 aliphatic rings. The Hall–Kier alpha value is 0.1000. The molecule has 0 aliphatic heterocycles. The van der Waals surface area contributed by atoms with Crippen LogP contribution < -0.4 is 11.1 Å². The zero-order chi connectivity index (χ0) is 11.1. The van der Waals surface area contributed by atoms with Gasteiger partial charge in [-0.3, -0.25) is 0 Å². The Morgan fingerprint density at radius 1 is 1.60 bits per heavy atom. The van der Waals surface area contributed by atoms with Gasteiger partial charge < -0.3 is 11.1 Å². The predicted octanol–water partition coefficient (Wildman–Crippen LogP) is 2.63. The topological polar surface area (TPSA) is 38.0 Å². The van der Waals surface area contributed by atoms with E-state index in [1.54, 1.807) is 0 Å². The van der Waals surface area contributed by atoms with Gasteiger partial charge in [0.15, 0.2) is 0 Å². The molecule has 0 aromatic carbocycles. The van der Waals surface area contributed by atoms with Crippen molar-refractivity contribution < 1.29 is 0 Å². The monoisotopic (exact) mass is 290 g/mol. The molecule has 1 aromatic heterocycles. The standard InChI is InChI=1S/C11H19BrN2S/c1-2-9(6-13)7-14-4-3-11-5-10(12)8-15-11/h5,8-9,14H,2-4,6-7,13H2,1H3. The van der Waals surface area contributed by atoms with E-state index < -0.39 is 0 Å². The van der Waals surface area contributed by atoms with Crippen LogP contribution in [0.4, 0.5) is 0 Å². The Labute approximate surface area is 104 Å². The SMILES string of the molecule is CCC(CN)CNCCc1cc(Br)cs1. The van der Waals surface area contributed by atoms with E-state index in [2.05, 4.69) is 39.6 Å². The molecule has 0 fully saturated rings. The zero-order valence-electron chi connectivity index (χ0n) is 9.13. The fraction of sp³-hybridized carbons (Fsp3) is 0.636. The van der Waals surface area contributed by atoms with Crippen molar-refractivity contribution in [2.75, 3.05) is 19.6 Å². The smallest absolute Gasteiger partial charge is 0.0285 e. The molecule has 0 amide bonds. The van der Waals surface area contributed by atoms with Crippen LogP contribution in [0, 0.1) is 5.92 Å². The van der Waals surface area contributed by atoms with Crippen LogP contribution in [0.5, 0.6) is 0 Å². The number of hydrogen-bond donors (Lipinski definition) is 2. The van der Waals surface area contributed by atoms with E-state index in [1.165, 1.54) is 9.35 Å². The molecule has 4 heteroatoms. The first-order valence-electron chi connectivity index (χ1n) is 5.40. The van der Waals surface area contributed by atoms with Crippen LogP contribution in [0.2, 0.25) is 0 Å². The van der Waals surface area contributed by atoms with Crippen molar-refractivity contribution in [3.63, 3.8) is 0 Å². The second kappa shape index (κ2) is 7.39. The maximum Gasteiger partial charge on any atom is 0.0285 e. The average molecular weight is 291 g/mol. The third-order valence-electron chi connectivity index (χ3n) is 2.51. The molecule has 0 aliphatic carbocycles. The highest BCUT2D eigenvalue weighted by Crippen LogP contribution is 2.19. The molecule has 0 bridgehead atoms. The minimum atomic E-state index is 0.625. The summed E-state index contributed by atoms with van der Waals surface area (Å²) >= 11 is 5.27. The summed E-state index contributed by atoms with van der Waals surface area (Å²) in [5.74, 6) is 0.625. The van der Waals surface area contributed by atoms with Crippen LogP contribution >= 0.6 is 27.3 Å². The Kier molecular flexibility index (Phi) is 6.48. The summed E-state index contributed by atoms with van der Waals surface area (Å²) in [5.41, 5.74) is 5.64. The molecule has 1 unspecified atom stereocenters. The second-order valence-corrected chi connectivity index (χ2v) is 5.61. The normalized spacial score (nSPS) is 13.0. The quantitative estimate of drug-likeness (QED) is 0.758. The molecule has 15 heavy (non-hydrogen) atoms. The average Bonchev–Trinajstić information content (AvgIpc) is 2.65. The summed E-state index contributed by atoms with van der Waals surface area (Å²) in [6.45, 7) is 5.06. The lowest BCUT2D eigenvalue weighted by molar-refractivity contribution is 0.474. The van der Waals surface area contributed by atoms with Gasteiger partial charge in [0.2, 0.25) is 0 Å². The Balaban J connectivity index is 2.11. The minimum absolute atomic E-state index is 0.625. The van der Waals surface area contributed by atoms with Gasteiger partial charge in [-0.25, -0.2) is 0 Å². The first-order valence-corrected chi connectivity index (χ1v) is 7.07. The van der Waals surface area contributed by atoms with Crippen LogP contribution in [0.25, 0.3) is 0 Å². The summed E-state index contributed by atoms with van der Waals surface area (Å²) in [7, 11) is 0. The fourth-order valence-electron chi connectivity index (χ4n) is 1.40. The molecular formula is C11H19BrN2S. The van der Waals surface area contributed by atoms with Gasteiger partial charge in [-0.15, -0.1) is 11.3 Å². The lowest BCUT2D eigenvalue weighted by Crippen LogP contribution is -2.29. The largest absolute Gasteiger partial charge is 0.330 e. The summed E-state index contributed by atoms with van der Waals surface area (Å²) in [4.78, 5) is 1.43. The van der Waals surface area contributed by atoms with Gasteiger partial charge in [-0.2, -0.15) is 0 Å². The van der Waals surface area contributed by atoms with Crippen LogP contribution in [-0.4, -0.2) is 19.6 Å². The Morgan fingerprint density at radius 2 is 2.40 bits per heavy atom. The minimum Gasteiger partial charge on any atom is -0.330 e. The van der Waals surface area contributed by atoms with Crippen molar-refractivity contribution in [1.29, 1.82) is 0 Å². The van der Waals surface area contributed by atoms with Gasteiger partial charge in [-0.1, -0.05) is 13.3 Å². The van der Waals surface area contributed by atoms with E-state index in [0.717, 1.165) is 32.5 Å². The third-order valence-corrected chi connectivity index (χ3v) is 4.27. The highest BCUT2D eigenvalue weighted by atomic mass is 79.9. The van der Waals surface area contributed by atoms with Gasteiger partial charge >= 0.3 is 0 Å². The number of thiophene rings is 1. The van der Waals surface area contributed by atoms with Crippen LogP contribution in [0.15, 0.2) is 15.9 Å². The van der Waals surface area contributed by atoms with E-state index in [9.17, 15) is 0 Å². The van der Waals surface area contributed by atoms with Crippen molar-refractivity contribution in [3.05, 3.63) is 20.8 Å². The summed E-state index contributed by atoms with van der Waals surface area (Å²) in [6.07, 6.45) is 2.27. The van der Waals surface area contributed by atoms with Crippen LogP contribution in [0.1, 0.15) is 18.2 Å². The van der Waals surface area contributed by atoms with E-state index in [-0.39, 0.29) is 0 Å². The molecule has 0 saturated heterocycles. The van der Waals surface area contributed by atoms with E-state index in [1.807, 2.05) is 11.3 Å². The molecule has 3 N–H and O–H groups in total. The fourth-order valence-corrected chi connectivity index (χ4v) is 2.85. The first-order chi connectivity index (χ1) is 7.26. The van der Waals surface area contributed by atoms with E-state index in [0.29, 0.717) is 5.92 Å². The molecule has 1 heterocycles. The van der Waals surface area contributed by atoms with Crippen LogP contribution in [-0.2, 0) is 6.42 Å². The zero-order valence-corrected chi connectivity index (χ0v) is 11.5. The molecular weight excluding hydrogens is 272 g/mol. The van der Waals surface area contributed by atoms with Gasteiger partial charge in [0, 0.05) is 14.7 Å². The number of halogens is 1. The lowest BCUT2D eigenvalue weighted by Gasteiger charge is -2.12. The Bertz CT molecular complexity index is 271. The van der Waals surface area contributed by atoms with Crippen molar-refractivity contribution in [1.82, 2.24) is 5.32 Å². The summed E-state index contributed by atoms with van der Waals surface area (Å²) < 4.78 is 1.19. The molecule has 0 radical (unpaired) electrons. The van der Waals surface area contributed by atoms with Crippen molar-refractivity contribution >= 4 is 27.3 Å². The van der Waals surface area contributed by atoms with Gasteiger partial charge in [0.05, 0.1) is 0 Å². The van der Waals surface area contributed by atoms with E-state index >= 15 is 0 Å². The number of rotatable bonds is 7. The second-order valence-electron chi connectivity index (χ2n) is 3.70. The third kappa shape index (κ3) is 5.11. The molecule has 1 rings (SSSR count). The molecule has 0 saturated carbocycles. The van der Waals surface area contributed by atoms with Crippen molar-refractivity contribution in [2.45, 2.75) is 19.8 Å². The molecule has 2 nitrogen and oxygen atoms in total. The van der Waals surface area contributed by atoms with E-state index in [4.69, 9.17) is 5.73 Å². The highest BCUT2D eigenvalue weighted by Gasteiger charge is 2.02. The van der Waals surface area contributed by atoms with Crippen molar-refractivity contribution in [3.8, 4) is 0 Å². The lowest BCUT2D eigenvalue weighted by atomic mass is 10.1. The molecule has 1 atom stereocenters. The molecule has 86 valence electrons. The summed E-state index contributed by atoms with van der Waals surface area (Å²) in [6, 6.07) is 2.19. The number of nitrogens with one attached hydrogen (secondary N) is 1. The summed E-state index contributed by atoms with van der Waals surface area (Å²) in [5, 5.41) is 5.59. The number of nitrogens with two attached hydrogens (primary N) is 1.